The molecule has 5 rings (SSSR count). The number of Topliss-reactive ketones (excluding diaryl/α,β-unsaturated/α-hetero) is 1. The fourth-order valence-corrected chi connectivity index (χ4v) is 4.90. The zero-order chi connectivity index (χ0) is 22.4. The minimum absolute atomic E-state index is 0.0561. The van der Waals surface area contributed by atoms with E-state index in [1.807, 2.05) is 25.1 Å². The van der Waals surface area contributed by atoms with Crippen molar-refractivity contribution in [2.24, 2.45) is 0 Å². The number of benzene rings is 2. The first-order valence-electron chi connectivity index (χ1n) is 9.98. The van der Waals surface area contributed by atoms with Gasteiger partial charge in [0.25, 0.3) is 5.91 Å². The Labute approximate surface area is 186 Å². The van der Waals surface area contributed by atoms with Gasteiger partial charge in [-0.2, -0.15) is 0 Å². The van der Waals surface area contributed by atoms with Crippen molar-refractivity contribution < 1.29 is 23.5 Å². The number of fused-ring (bicyclic) bond motifs is 1. The maximum Gasteiger partial charge on any atom is 0.296 e. The molecule has 1 unspecified atom stereocenters. The van der Waals surface area contributed by atoms with Crippen LogP contribution in [0.2, 0.25) is 0 Å². The molecule has 1 atom stereocenters. The van der Waals surface area contributed by atoms with Gasteiger partial charge in [-0.3, -0.25) is 14.5 Å². The summed E-state index contributed by atoms with van der Waals surface area (Å²) in [7, 11) is 0. The van der Waals surface area contributed by atoms with E-state index in [1.54, 1.807) is 6.07 Å². The summed E-state index contributed by atoms with van der Waals surface area (Å²) in [5.41, 5.74) is 1.62. The third-order valence-corrected chi connectivity index (χ3v) is 6.47. The Morgan fingerprint density at radius 2 is 2.03 bits per heavy atom. The van der Waals surface area contributed by atoms with Crippen molar-refractivity contribution in [2.45, 2.75) is 19.4 Å². The summed E-state index contributed by atoms with van der Waals surface area (Å²) in [4.78, 5) is 32.1. The Morgan fingerprint density at radius 3 is 2.75 bits per heavy atom. The Balaban J connectivity index is 1.69. The van der Waals surface area contributed by atoms with Gasteiger partial charge in [-0.25, -0.2) is 9.37 Å². The number of hydrogen-bond acceptors (Lipinski definition) is 6. The van der Waals surface area contributed by atoms with Crippen LogP contribution >= 0.6 is 11.3 Å². The molecule has 1 aliphatic rings. The number of halogens is 1. The number of aliphatic hydroxyl groups is 1. The minimum atomic E-state index is -1.19. The fraction of sp³-hybridized carbons (Fsp3) is 0.125. The molecule has 2 aromatic heterocycles. The highest BCUT2D eigenvalue weighted by Gasteiger charge is 2.47. The Bertz CT molecular complexity index is 1390. The second kappa shape index (κ2) is 7.72. The number of nitrogens with zero attached hydrogens (tertiary/aromatic N) is 2. The van der Waals surface area contributed by atoms with Gasteiger partial charge in [0, 0.05) is 5.56 Å². The van der Waals surface area contributed by atoms with Crippen LogP contribution in [0.5, 0.6) is 0 Å². The molecular weight excluding hydrogens is 431 g/mol. The molecule has 0 fully saturated rings. The van der Waals surface area contributed by atoms with Crippen LogP contribution in [0.3, 0.4) is 0 Å². The zero-order valence-corrected chi connectivity index (χ0v) is 17.7. The number of amides is 1. The van der Waals surface area contributed by atoms with Gasteiger partial charge in [-0.1, -0.05) is 42.5 Å². The number of ketones is 1. The van der Waals surface area contributed by atoms with Crippen molar-refractivity contribution in [3.63, 3.8) is 0 Å². The van der Waals surface area contributed by atoms with E-state index in [4.69, 9.17) is 4.42 Å². The number of aryl methyl sites for hydroxylation is 1. The van der Waals surface area contributed by atoms with Gasteiger partial charge >= 0.3 is 0 Å². The van der Waals surface area contributed by atoms with Crippen LogP contribution in [-0.4, -0.2) is 21.8 Å². The molecule has 3 heterocycles. The molecule has 1 N–H and O–H groups in total. The third kappa shape index (κ3) is 3.11. The van der Waals surface area contributed by atoms with Crippen molar-refractivity contribution in [1.29, 1.82) is 0 Å². The normalized spacial score (nSPS) is 16.4. The average Bonchev–Trinajstić information content (AvgIpc) is 3.52. The number of furan rings is 1. The first kappa shape index (κ1) is 20.1. The molecule has 0 saturated heterocycles. The number of hydrogen-bond donors (Lipinski definition) is 1. The van der Waals surface area contributed by atoms with Crippen molar-refractivity contribution in [3.05, 3.63) is 94.9 Å². The minimum Gasteiger partial charge on any atom is -0.503 e. The SMILES string of the molecule is CCc1ccc2nc(N3C(=O)C(O)=C(C(=O)c4ccco4)C3c3ccccc3F)sc2c1. The molecule has 0 aliphatic carbocycles. The largest absolute Gasteiger partial charge is 0.503 e. The Morgan fingerprint density at radius 1 is 1.22 bits per heavy atom. The van der Waals surface area contributed by atoms with Crippen molar-refractivity contribution in [3.8, 4) is 0 Å². The fourth-order valence-electron chi connectivity index (χ4n) is 3.85. The van der Waals surface area contributed by atoms with Gasteiger partial charge in [0.1, 0.15) is 11.9 Å². The van der Waals surface area contributed by atoms with Crippen LogP contribution in [-0.2, 0) is 11.2 Å². The highest BCUT2D eigenvalue weighted by Crippen LogP contribution is 2.44. The van der Waals surface area contributed by atoms with E-state index in [0.29, 0.717) is 5.52 Å². The van der Waals surface area contributed by atoms with Crippen molar-refractivity contribution in [2.75, 3.05) is 4.90 Å². The van der Waals surface area contributed by atoms with Crippen LogP contribution in [0.4, 0.5) is 9.52 Å². The molecule has 0 saturated carbocycles. The number of anilines is 1. The van der Waals surface area contributed by atoms with E-state index in [2.05, 4.69) is 4.98 Å². The maximum atomic E-state index is 14.9. The maximum absolute atomic E-state index is 14.9. The topological polar surface area (TPSA) is 83.6 Å². The molecule has 0 bridgehead atoms. The number of aromatic nitrogens is 1. The highest BCUT2D eigenvalue weighted by atomic mass is 32.1. The van der Waals surface area contributed by atoms with Crippen LogP contribution < -0.4 is 4.90 Å². The monoisotopic (exact) mass is 448 g/mol. The standard InChI is InChI=1S/C24H17FN2O4S/c1-2-13-9-10-16-18(12-13)32-24(26-16)27-20(14-6-3-4-7-15(14)25)19(22(29)23(27)30)21(28)17-8-5-11-31-17/h3-12,20,29H,2H2,1H3. The number of carbonyl (C=O) groups excluding carboxylic acids is 2. The number of thiazole rings is 1. The molecule has 1 aliphatic heterocycles. The van der Waals surface area contributed by atoms with Gasteiger partial charge in [0.05, 0.1) is 22.1 Å². The quantitative estimate of drug-likeness (QED) is 0.415. The highest BCUT2D eigenvalue weighted by molar-refractivity contribution is 7.22. The van der Waals surface area contributed by atoms with Crippen molar-refractivity contribution in [1.82, 2.24) is 4.98 Å². The smallest absolute Gasteiger partial charge is 0.296 e. The summed E-state index contributed by atoms with van der Waals surface area (Å²) in [5.74, 6) is -2.91. The lowest BCUT2D eigenvalue weighted by Crippen LogP contribution is -2.31. The summed E-state index contributed by atoms with van der Waals surface area (Å²) in [6.07, 6.45) is 2.16. The second-order valence-electron chi connectivity index (χ2n) is 7.32. The first-order valence-corrected chi connectivity index (χ1v) is 10.8. The van der Waals surface area contributed by atoms with Crippen LogP contribution in [0.15, 0.2) is 76.6 Å². The van der Waals surface area contributed by atoms with E-state index < -0.39 is 29.3 Å². The third-order valence-electron chi connectivity index (χ3n) is 5.45. The molecule has 1 amide bonds. The van der Waals surface area contributed by atoms with Gasteiger partial charge < -0.3 is 9.52 Å². The summed E-state index contributed by atoms with van der Waals surface area (Å²) in [6, 6.07) is 13.4. The average molecular weight is 448 g/mol. The van der Waals surface area contributed by atoms with E-state index in [0.717, 1.165) is 16.7 Å². The number of rotatable bonds is 5. The van der Waals surface area contributed by atoms with Gasteiger partial charge in [0.15, 0.2) is 16.7 Å². The molecule has 2 aromatic carbocycles. The first-order chi connectivity index (χ1) is 15.5. The molecular formula is C24H17FN2O4S. The lowest BCUT2D eigenvalue weighted by atomic mass is 9.95. The predicted molar refractivity (Wildman–Crippen MR) is 118 cm³/mol. The number of aliphatic hydroxyl groups excluding tert-OH is 1. The summed E-state index contributed by atoms with van der Waals surface area (Å²) in [5, 5.41) is 11.0. The van der Waals surface area contributed by atoms with Crippen molar-refractivity contribution >= 4 is 38.4 Å². The molecule has 4 aromatic rings. The molecule has 0 radical (unpaired) electrons. The lowest BCUT2D eigenvalue weighted by molar-refractivity contribution is -0.117. The summed E-state index contributed by atoms with van der Waals surface area (Å²) >= 11 is 1.24. The molecule has 160 valence electrons. The zero-order valence-electron chi connectivity index (χ0n) is 16.9. The van der Waals surface area contributed by atoms with Crippen LogP contribution in [0.1, 0.15) is 34.6 Å². The summed E-state index contributed by atoms with van der Waals surface area (Å²) < 4.78 is 20.9. The van der Waals surface area contributed by atoms with E-state index in [1.165, 1.54) is 52.8 Å². The second-order valence-corrected chi connectivity index (χ2v) is 8.33. The summed E-state index contributed by atoms with van der Waals surface area (Å²) in [6.45, 7) is 2.04. The Hall–Kier alpha value is -3.78. The van der Waals surface area contributed by atoms with E-state index >= 15 is 0 Å². The Kier molecular flexibility index (Phi) is 4.86. The molecule has 32 heavy (non-hydrogen) atoms. The van der Waals surface area contributed by atoms with Gasteiger partial charge in [0.2, 0.25) is 5.78 Å². The predicted octanol–water partition coefficient (Wildman–Crippen LogP) is 5.37. The van der Waals surface area contributed by atoms with E-state index in [9.17, 15) is 19.1 Å². The van der Waals surface area contributed by atoms with Gasteiger partial charge in [-0.05, 0) is 42.3 Å². The van der Waals surface area contributed by atoms with Gasteiger partial charge in [-0.15, -0.1) is 0 Å². The molecule has 6 nitrogen and oxygen atoms in total. The van der Waals surface area contributed by atoms with E-state index in [-0.39, 0.29) is 22.0 Å². The molecule has 0 spiro atoms. The lowest BCUT2D eigenvalue weighted by Gasteiger charge is -2.24. The van der Waals surface area contributed by atoms with Crippen LogP contribution in [0, 0.1) is 5.82 Å². The molecule has 8 heteroatoms. The van der Waals surface area contributed by atoms with Crippen LogP contribution in [0.25, 0.3) is 10.2 Å². The number of carbonyl (C=O) groups is 2.